The predicted octanol–water partition coefficient (Wildman–Crippen LogP) is -0.459. The maximum Gasteiger partial charge on any atom is 0.321 e. The van der Waals surface area contributed by atoms with Gasteiger partial charge in [-0.1, -0.05) is 0 Å². The van der Waals surface area contributed by atoms with Crippen molar-refractivity contribution < 1.29 is 18.0 Å². The van der Waals surface area contributed by atoms with Crippen molar-refractivity contribution in [1.82, 2.24) is 10.6 Å². The van der Waals surface area contributed by atoms with Crippen LogP contribution in [0.25, 0.3) is 0 Å². The first-order valence-electron chi connectivity index (χ1n) is 6.66. The number of rotatable bonds is 3. The summed E-state index contributed by atoms with van der Waals surface area (Å²) >= 11 is 0. The van der Waals surface area contributed by atoms with Gasteiger partial charge in [0, 0.05) is 18.8 Å². The molecule has 2 rings (SSSR count). The van der Waals surface area contributed by atoms with E-state index in [0.717, 1.165) is 11.3 Å². The molecule has 1 aliphatic rings. The summed E-state index contributed by atoms with van der Waals surface area (Å²) in [4.78, 5) is 24.8. The number of fused-ring (bicyclic) bond motifs is 1. The quantitative estimate of drug-likeness (QED) is 0.694. The monoisotopic (exact) mass is 326 g/mol. The SMILES string of the molecule is CNC(=O)NC(=O)CN1c2ccc(S(N)(=O)=O)cc2C[C@H]1C. The Morgan fingerprint density at radius 3 is 2.68 bits per heavy atom. The molecule has 0 spiro atoms. The molecule has 8 nitrogen and oxygen atoms in total. The summed E-state index contributed by atoms with van der Waals surface area (Å²) in [5.41, 5.74) is 1.58. The molecule has 1 atom stereocenters. The van der Waals surface area contributed by atoms with Crippen LogP contribution in [0.2, 0.25) is 0 Å². The normalized spacial score (nSPS) is 17.0. The van der Waals surface area contributed by atoms with Crippen LogP contribution >= 0.6 is 0 Å². The molecule has 4 N–H and O–H groups in total. The molecule has 0 unspecified atom stereocenters. The number of carbonyl (C=O) groups is 2. The Labute approximate surface area is 128 Å². The summed E-state index contributed by atoms with van der Waals surface area (Å²) in [6, 6.07) is 4.02. The average Bonchev–Trinajstić information content (AvgIpc) is 2.73. The van der Waals surface area contributed by atoms with E-state index in [1.165, 1.54) is 19.2 Å². The lowest BCUT2D eigenvalue weighted by Crippen LogP contribution is -2.45. The molecule has 0 radical (unpaired) electrons. The minimum Gasteiger partial charge on any atom is -0.359 e. The summed E-state index contributed by atoms with van der Waals surface area (Å²) < 4.78 is 22.8. The van der Waals surface area contributed by atoms with E-state index in [2.05, 4.69) is 10.6 Å². The van der Waals surface area contributed by atoms with E-state index in [1.54, 1.807) is 6.07 Å². The Bertz CT molecular complexity index is 717. The van der Waals surface area contributed by atoms with Crippen LogP contribution < -0.4 is 20.7 Å². The van der Waals surface area contributed by atoms with Gasteiger partial charge in [0.15, 0.2) is 0 Å². The second-order valence-electron chi connectivity index (χ2n) is 5.14. The van der Waals surface area contributed by atoms with E-state index >= 15 is 0 Å². The zero-order valence-corrected chi connectivity index (χ0v) is 13.1. The third kappa shape index (κ3) is 3.37. The van der Waals surface area contributed by atoms with Crippen molar-refractivity contribution in [2.24, 2.45) is 5.14 Å². The fourth-order valence-corrected chi connectivity index (χ4v) is 3.04. The smallest absolute Gasteiger partial charge is 0.321 e. The van der Waals surface area contributed by atoms with Gasteiger partial charge in [-0.2, -0.15) is 0 Å². The zero-order valence-electron chi connectivity index (χ0n) is 12.3. The fraction of sp³-hybridized carbons (Fsp3) is 0.385. The Morgan fingerprint density at radius 1 is 1.41 bits per heavy atom. The Kier molecular flexibility index (Phi) is 4.38. The van der Waals surface area contributed by atoms with Crippen molar-refractivity contribution in [3.05, 3.63) is 23.8 Å². The molecule has 0 saturated carbocycles. The highest BCUT2D eigenvalue weighted by Crippen LogP contribution is 2.33. The number of imide groups is 1. The largest absolute Gasteiger partial charge is 0.359 e. The third-order valence-electron chi connectivity index (χ3n) is 3.53. The summed E-state index contributed by atoms with van der Waals surface area (Å²) in [6.07, 6.45) is 0.603. The number of hydrogen-bond acceptors (Lipinski definition) is 5. The molecular formula is C13H18N4O4S. The van der Waals surface area contributed by atoms with Gasteiger partial charge in [0.25, 0.3) is 0 Å². The minimum absolute atomic E-state index is 0.0102. The fourth-order valence-electron chi connectivity index (χ4n) is 2.47. The molecule has 22 heavy (non-hydrogen) atoms. The van der Waals surface area contributed by atoms with Crippen LogP contribution in [-0.4, -0.2) is 40.0 Å². The van der Waals surface area contributed by atoms with Crippen LogP contribution in [0.1, 0.15) is 12.5 Å². The van der Waals surface area contributed by atoms with E-state index in [1.807, 2.05) is 11.8 Å². The number of nitrogens with two attached hydrogens (primary N) is 1. The number of urea groups is 1. The van der Waals surface area contributed by atoms with Crippen LogP contribution in [0, 0.1) is 0 Å². The maximum absolute atomic E-state index is 11.8. The predicted molar refractivity (Wildman–Crippen MR) is 80.9 cm³/mol. The Hall–Kier alpha value is -2.13. The van der Waals surface area contributed by atoms with Crippen LogP contribution in [-0.2, 0) is 21.2 Å². The van der Waals surface area contributed by atoms with Crippen molar-refractivity contribution in [3.63, 3.8) is 0 Å². The molecule has 0 fully saturated rings. The van der Waals surface area contributed by atoms with Crippen LogP contribution in [0.5, 0.6) is 0 Å². The lowest BCUT2D eigenvalue weighted by molar-refractivity contribution is -0.118. The molecule has 1 heterocycles. The van der Waals surface area contributed by atoms with Gasteiger partial charge in [-0.3, -0.25) is 10.1 Å². The number of primary sulfonamides is 1. The standard InChI is InChI=1S/C13H18N4O4S/c1-8-5-9-6-10(22(14,20)21)3-4-11(9)17(8)7-12(18)16-13(19)15-2/h3-4,6,8H,5,7H2,1-2H3,(H2,14,20,21)(H2,15,16,18,19)/t8-/m1/s1. The van der Waals surface area contributed by atoms with Crippen LogP contribution in [0.15, 0.2) is 23.1 Å². The van der Waals surface area contributed by atoms with Crippen molar-refractivity contribution in [2.45, 2.75) is 24.3 Å². The molecule has 1 aliphatic heterocycles. The Balaban J connectivity index is 2.20. The highest BCUT2D eigenvalue weighted by molar-refractivity contribution is 7.89. The number of nitrogens with zero attached hydrogens (tertiary/aromatic N) is 1. The van der Waals surface area contributed by atoms with Gasteiger partial charge < -0.3 is 10.2 Å². The molecule has 0 saturated heterocycles. The molecule has 0 aromatic heterocycles. The number of hydrogen-bond donors (Lipinski definition) is 3. The second-order valence-corrected chi connectivity index (χ2v) is 6.71. The number of sulfonamides is 1. The van der Waals surface area contributed by atoms with Crippen LogP contribution in [0.4, 0.5) is 10.5 Å². The molecule has 0 bridgehead atoms. The number of nitrogens with one attached hydrogen (secondary N) is 2. The van der Waals surface area contributed by atoms with Crippen molar-refractivity contribution in [2.75, 3.05) is 18.5 Å². The minimum atomic E-state index is -3.75. The first-order valence-corrected chi connectivity index (χ1v) is 8.21. The summed E-state index contributed by atoms with van der Waals surface area (Å²) in [6.45, 7) is 1.93. The summed E-state index contributed by atoms with van der Waals surface area (Å²) in [5.74, 6) is -0.436. The van der Waals surface area contributed by atoms with Gasteiger partial charge in [0.05, 0.1) is 11.4 Å². The van der Waals surface area contributed by atoms with Gasteiger partial charge in [0.1, 0.15) is 0 Å². The first-order chi connectivity index (χ1) is 10.2. The van der Waals surface area contributed by atoms with Crippen molar-refractivity contribution in [3.8, 4) is 0 Å². The van der Waals surface area contributed by atoms with E-state index in [-0.39, 0.29) is 17.5 Å². The number of benzene rings is 1. The van der Waals surface area contributed by atoms with Gasteiger partial charge in [-0.05, 0) is 37.1 Å². The summed E-state index contributed by atoms with van der Waals surface area (Å²) in [7, 11) is -2.33. The first kappa shape index (κ1) is 16.2. The van der Waals surface area contributed by atoms with Gasteiger partial charge in [-0.25, -0.2) is 18.4 Å². The maximum atomic E-state index is 11.8. The number of anilines is 1. The molecule has 1 aromatic rings. The highest BCUT2D eigenvalue weighted by atomic mass is 32.2. The molecular weight excluding hydrogens is 308 g/mol. The van der Waals surface area contributed by atoms with E-state index in [0.29, 0.717) is 6.42 Å². The van der Waals surface area contributed by atoms with Gasteiger partial charge in [-0.15, -0.1) is 0 Å². The topological polar surface area (TPSA) is 122 Å². The van der Waals surface area contributed by atoms with Crippen molar-refractivity contribution in [1.29, 1.82) is 0 Å². The molecule has 120 valence electrons. The molecule has 9 heteroatoms. The molecule has 1 aromatic carbocycles. The Morgan fingerprint density at radius 2 is 2.09 bits per heavy atom. The molecule has 0 aliphatic carbocycles. The van der Waals surface area contributed by atoms with E-state index in [4.69, 9.17) is 5.14 Å². The number of carbonyl (C=O) groups excluding carboxylic acids is 2. The number of amides is 3. The lowest BCUT2D eigenvalue weighted by atomic mass is 10.1. The second kappa shape index (κ2) is 5.93. The summed E-state index contributed by atoms with van der Waals surface area (Å²) in [5, 5.41) is 9.62. The zero-order chi connectivity index (χ0) is 16.5. The lowest BCUT2D eigenvalue weighted by Gasteiger charge is -2.24. The third-order valence-corrected chi connectivity index (χ3v) is 4.44. The average molecular weight is 326 g/mol. The van der Waals surface area contributed by atoms with Gasteiger partial charge >= 0.3 is 6.03 Å². The van der Waals surface area contributed by atoms with Crippen molar-refractivity contribution >= 4 is 27.6 Å². The van der Waals surface area contributed by atoms with Gasteiger partial charge in [0.2, 0.25) is 15.9 Å². The highest BCUT2D eigenvalue weighted by Gasteiger charge is 2.28. The van der Waals surface area contributed by atoms with E-state index < -0.39 is 22.0 Å². The van der Waals surface area contributed by atoms with E-state index in [9.17, 15) is 18.0 Å². The van der Waals surface area contributed by atoms with Crippen LogP contribution in [0.3, 0.4) is 0 Å². The molecule has 3 amide bonds.